The summed E-state index contributed by atoms with van der Waals surface area (Å²) in [6, 6.07) is 2.56. The maximum absolute atomic E-state index is 13.7. The highest BCUT2D eigenvalue weighted by molar-refractivity contribution is 7.99. The third kappa shape index (κ3) is 3.13. The van der Waals surface area contributed by atoms with Crippen molar-refractivity contribution in [2.75, 3.05) is 11.1 Å². The van der Waals surface area contributed by atoms with Gasteiger partial charge in [0.1, 0.15) is 11.6 Å². The Hall–Kier alpha value is -2.22. The summed E-state index contributed by atoms with van der Waals surface area (Å²) in [7, 11) is 0. The van der Waals surface area contributed by atoms with Crippen LogP contribution in [0.25, 0.3) is 0 Å². The van der Waals surface area contributed by atoms with E-state index in [0.717, 1.165) is 55.1 Å². The van der Waals surface area contributed by atoms with Crippen LogP contribution in [-0.4, -0.2) is 21.2 Å². The Balaban J connectivity index is 1.55. The first-order valence-corrected chi connectivity index (χ1v) is 9.53. The Bertz CT molecular complexity index is 945. The summed E-state index contributed by atoms with van der Waals surface area (Å²) >= 11 is 1.45. The van der Waals surface area contributed by atoms with Gasteiger partial charge in [0.2, 0.25) is 5.91 Å². The average molecular weight is 377 g/mol. The molecule has 0 bridgehead atoms. The number of aromatic nitrogens is 2. The molecule has 26 heavy (non-hydrogen) atoms. The van der Waals surface area contributed by atoms with E-state index in [2.05, 4.69) is 10.3 Å². The largest absolute Gasteiger partial charge is 0.323 e. The van der Waals surface area contributed by atoms with Crippen LogP contribution < -0.4 is 10.9 Å². The number of aryl methyl sites for hydroxylation is 1. The summed E-state index contributed by atoms with van der Waals surface area (Å²) in [6.45, 7) is 0. The number of fused-ring (bicyclic) bond motifs is 2. The van der Waals surface area contributed by atoms with E-state index in [0.29, 0.717) is 10.9 Å². The van der Waals surface area contributed by atoms with E-state index in [1.165, 1.54) is 11.8 Å². The maximum Gasteiger partial charge on any atom is 0.257 e. The molecule has 1 aromatic carbocycles. The van der Waals surface area contributed by atoms with Gasteiger partial charge in [0.05, 0.1) is 17.4 Å². The summed E-state index contributed by atoms with van der Waals surface area (Å²) < 4.78 is 28.5. The number of nitrogens with zero attached hydrogens (tertiary/aromatic N) is 2. The molecule has 136 valence electrons. The Kier molecular flexibility index (Phi) is 4.52. The van der Waals surface area contributed by atoms with E-state index in [1.54, 1.807) is 4.57 Å². The molecule has 0 radical (unpaired) electrons. The maximum atomic E-state index is 13.7. The molecule has 8 heteroatoms. The normalized spacial score (nSPS) is 18.3. The fourth-order valence-electron chi connectivity index (χ4n) is 3.47. The van der Waals surface area contributed by atoms with Crippen molar-refractivity contribution in [1.82, 2.24) is 9.55 Å². The van der Waals surface area contributed by atoms with Crippen molar-refractivity contribution in [3.05, 3.63) is 51.4 Å². The molecule has 1 aromatic heterocycles. The number of halogens is 2. The number of thioether (sulfide) groups is 1. The molecule has 4 rings (SSSR count). The second-order valence-corrected chi connectivity index (χ2v) is 7.53. The van der Waals surface area contributed by atoms with Gasteiger partial charge >= 0.3 is 0 Å². The van der Waals surface area contributed by atoms with Crippen molar-refractivity contribution in [2.45, 2.75) is 43.3 Å². The third-order valence-electron chi connectivity index (χ3n) is 4.75. The smallest absolute Gasteiger partial charge is 0.257 e. The van der Waals surface area contributed by atoms with Gasteiger partial charge in [-0.1, -0.05) is 11.8 Å². The molecule has 0 spiro atoms. The number of hydrogen-bond donors (Lipinski definition) is 1. The Morgan fingerprint density at radius 3 is 2.96 bits per heavy atom. The zero-order valence-corrected chi connectivity index (χ0v) is 14.7. The zero-order chi connectivity index (χ0) is 18.3. The Morgan fingerprint density at radius 2 is 2.12 bits per heavy atom. The van der Waals surface area contributed by atoms with Crippen molar-refractivity contribution in [2.24, 2.45) is 0 Å². The molecule has 2 aliphatic rings. The van der Waals surface area contributed by atoms with Crippen LogP contribution in [0.5, 0.6) is 0 Å². The van der Waals surface area contributed by atoms with Crippen LogP contribution in [0.4, 0.5) is 14.5 Å². The quantitative estimate of drug-likeness (QED) is 0.835. The number of amides is 1. The molecule has 0 saturated heterocycles. The fraction of sp³-hybridized carbons (Fsp3) is 0.389. The number of nitrogens with one attached hydrogen (secondary N) is 1. The number of hydrogen-bond acceptors (Lipinski definition) is 4. The van der Waals surface area contributed by atoms with E-state index in [1.807, 2.05) is 0 Å². The molecule has 1 unspecified atom stereocenters. The fourth-order valence-corrected chi connectivity index (χ4v) is 4.63. The highest BCUT2D eigenvalue weighted by Crippen LogP contribution is 2.34. The van der Waals surface area contributed by atoms with Gasteiger partial charge < -0.3 is 5.32 Å². The third-order valence-corrected chi connectivity index (χ3v) is 5.84. The van der Waals surface area contributed by atoms with Crippen LogP contribution in [0, 0.1) is 11.6 Å². The lowest BCUT2D eigenvalue weighted by Gasteiger charge is -2.18. The van der Waals surface area contributed by atoms with Crippen LogP contribution in [0.1, 0.15) is 36.6 Å². The molecule has 1 atom stereocenters. The van der Waals surface area contributed by atoms with Crippen molar-refractivity contribution >= 4 is 23.4 Å². The van der Waals surface area contributed by atoms with E-state index in [4.69, 9.17) is 0 Å². The van der Waals surface area contributed by atoms with Crippen LogP contribution in [-0.2, 0) is 17.6 Å². The summed E-state index contributed by atoms with van der Waals surface area (Å²) in [5.74, 6) is -1.23. The van der Waals surface area contributed by atoms with Crippen molar-refractivity contribution < 1.29 is 13.6 Å². The molecule has 0 fully saturated rings. The lowest BCUT2D eigenvalue weighted by molar-refractivity contribution is -0.116. The molecule has 1 N–H and O–H groups in total. The highest BCUT2D eigenvalue weighted by atomic mass is 32.2. The van der Waals surface area contributed by atoms with E-state index < -0.39 is 17.5 Å². The number of rotatable bonds is 3. The summed E-state index contributed by atoms with van der Waals surface area (Å²) in [6.07, 6.45) is 3.57. The molecule has 2 aromatic rings. The van der Waals surface area contributed by atoms with Crippen molar-refractivity contribution in [1.29, 1.82) is 0 Å². The standard InChI is InChI=1S/C18H17F2N3O2S/c19-10-5-6-13(20)15(7-10)21-16(24)8-11-9-26-18-22-14-4-2-1-3-12(14)17(25)23(11)18/h5-7,11H,1-4,8-9H2,(H,21,24). The van der Waals surface area contributed by atoms with Crippen LogP contribution in [0.3, 0.4) is 0 Å². The lowest BCUT2D eigenvalue weighted by atomic mass is 9.97. The highest BCUT2D eigenvalue weighted by Gasteiger charge is 2.30. The van der Waals surface area contributed by atoms with Gasteiger partial charge in [-0.15, -0.1) is 0 Å². The van der Waals surface area contributed by atoms with Gasteiger partial charge in [-0.2, -0.15) is 0 Å². The summed E-state index contributed by atoms with van der Waals surface area (Å²) in [4.78, 5) is 29.7. The van der Waals surface area contributed by atoms with Gasteiger partial charge in [-0.25, -0.2) is 13.8 Å². The van der Waals surface area contributed by atoms with Crippen molar-refractivity contribution in [3.63, 3.8) is 0 Å². The zero-order valence-electron chi connectivity index (χ0n) is 13.9. The summed E-state index contributed by atoms with van der Waals surface area (Å²) in [5.41, 5.74) is 1.37. The second-order valence-electron chi connectivity index (χ2n) is 6.54. The summed E-state index contributed by atoms with van der Waals surface area (Å²) in [5, 5.41) is 3.04. The molecule has 0 saturated carbocycles. The Labute approximate surface area is 152 Å². The molecule has 5 nitrogen and oxygen atoms in total. The first kappa shape index (κ1) is 17.2. The van der Waals surface area contributed by atoms with Gasteiger partial charge in [0.15, 0.2) is 5.16 Å². The van der Waals surface area contributed by atoms with E-state index >= 15 is 0 Å². The minimum Gasteiger partial charge on any atom is -0.323 e. The Morgan fingerprint density at radius 1 is 1.31 bits per heavy atom. The van der Waals surface area contributed by atoms with Crippen molar-refractivity contribution in [3.8, 4) is 0 Å². The molecule has 1 aliphatic carbocycles. The van der Waals surface area contributed by atoms with Crippen LogP contribution >= 0.6 is 11.8 Å². The minimum absolute atomic E-state index is 0.0102. The number of benzene rings is 1. The molecule has 1 amide bonds. The predicted molar refractivity (Wildman–Crippen MR) is 94.5 cm³/mol. The van der Waals surface area contributed by atoms with Gasteiger partial charge in [0, 0.05) is 23.8 Å². The van der Waals surface area contributed by atoms with E-state index in [9.17, 15) is 18.4 Å². The average Bonchev–Trinajstić information content (AvgIpc) is 3.01. The lowest BCUT2D eigenvalue weighted by Crippen LogP contribution is -2.32. The van der Waals surface area contributed by atoms with E-state index in [-0.39, 0.29) is 23.7 Å². The topological polar surface area (TPSA) is 64.0 Å². The molecular weight excluding hydrogens is 360 g/mol. The number of carbonyl (C=O) groups excluding carboxylic acids is 1. The monoisotopic (exact) mass is 377 g/mol. The number of carbonyl (C=O) groups is 1. The van der Waals surface area contributed by atoms with Crippen LogP contribution in [0.15, 0.2) is 28.2 Å². The predicted octanol–water partition coefficient (Wildman–Crippen LogP) is 3.08. The van der Waals surface area contributed by atoms with Gasteiger partial charge in [-0.3, -0.25) is 14.2 Å². The molecular formula is C18H17F2N3O2S. The second kappa shape index (κ2) is 6.83. The first-order chi connectivity index (χ1) is 12.5. The van der Waals surface area contributed by atoms with Gasteiger partial charge in [0.25, 0.3) is 5.56 Å². The number of anilines is 1. The minimum atomic E-state index is -0.700. The van der Waals surface area contributed by atoms with Gasteiger partial charge in [-0.05, 0) is 37.8 Å². The SMILES string of the molecule is O=C(CC1CSc2nc3c(c(=O)n21)CCCC3)Nc1cc(F)ccc1F. The molecule has 2 heterocycles. The molecule has 1 aliphatic heterocycles. The first-order valence-electron chi connectivity index (χ1n) is 8.55. The van der Waals surface area contributed by atoms with Crippen LogP contribution in [0.2, 0.25) is 0 Å².